The fraction of sp³-hybridized carbons (Fsp3) is 0.462. The van der Waals surface area contributed by atoms with Crippen LogP contribution >= 0.6 is 0 Å². The zero-order valence-corrected chi connectivity index (χ0v) is 10.2. The number of anilines is 1. The summed E-state index contributed by atoms with van der Waals surface area (Å²) in [6, 6.07) is 5.67. The lowest BCUT2D eigenvalue weighted by molar-refractivity contribution is 0.0694. The monoisotopic (exact) mass is 234 g/mol. The number of carbonyl (C=O) groups is 1. The Bertz CT molecular complexity index is 436. The molecule has 1 heterocycles. The SMILES string of the molecule is CC(C)(O)CNC(=O)c1ccc2c(c1)NCC2. The third-order valence-corrected chi connectivity index (χ3v) is 2.76. The van der Waals surface area contributed by atoms with Gasteiger partial charge >= 0.3 is 0 Å². The minimum absolute atomic E-state index is 0.149. The van der Waals surface area contributed by atoms with Crippen LogP contribution in [0.5, 0.6) is 0 Å². The van der Waals surface area contributed by atoms with E-state index in [4.69, 9.17) is 0 Å². The molecule has 3 N–H and O–H groups in total. The topological polar surface area (TPSA) is 61.4 Å². The molecule has 0 saturated carbocycles. The van der Waals surface area contributed by atoms with Crippen LogP contribution in [0.1, 0.15) is 29.8 Å². The molecule has 4 heteroatoms. The smallest absolute Gasteiger partial charge is 0.251 e. The molecule has 1 aliphatic rings. The molecule has 0 spiro atoms. The van der Waals surface area contributed by atoms with E-state index in [0.717, 1.165) is 18.7 Å². The van der Waals surface area contributed by atoms with Crippen molar-refractivity contribution in [1.82, 2.24) is 5.32 Å². The van der Waals surface area contributed by atoms with Crippen LogP contribution in [0.2, 0.25) is 0 Å². The second kappa shape index (κ2) is 4.37. The number of carbonyl (C=O) groups excluding carboxylic acids is 1. The first-order valence-electron chi connectivity index (χ1n) is 5.83. The van der Waals surface area contributed by atoms with Crippen molar-refractivity contribution in [3.8, 4) is 0 Å². The lowest BCUT2D eigenvalue weighted by Crippen LogP contribution is -2.38. The van der Waals surface area contributed by atoms with E-state index in [1.54, 1.807) is 13.8 Å². The van der Waals surface area contributed by atoms with Crippen LogP contribution in [0.4, 0.5) is 5.69 Å². The summed E-state index contributed by atoms with van der Waals surface area (Å²) >= 11 is 0. The molecule has 2 rings (SSSR count). The molecule has 92 valence electrons. The van der Waals surface area contributed by atoms with Gasteiger partial charge < -0.3 is 15.7 Å². The predicted molar refractivity (Wildman–Crippen MR) is 67.3 cm³/mol. The molecule has 0 aromatic heterocycles. The van der Waals surface area contributed by atoms with Crippen LogP contribution < -0.4 is 10.6 Å². The maximum absolute atomic E-state index is 11.8. The highest BCUT2D eigenvalue weighted by molar-refractivity contribution is 5.95. The molecular formula is C13H18N2O2. The largest absolute Gasteiger partial charge is 0.389 e. The molecule has 17 heavy (non-hydrogen) atoms. The molecule has 1 amide bonds. The Morgan fingerprint density at radius 2 is 2.29 bits per heavy atom. The van der Waals surface area contributed by atoms with Crippen LogP contribution in [0.3, 0.4) is 0 Å². The summed E-state index contributed by atoms with van der Waals surface area (Å²) in [7, 11) is 0. The summed E-state index contributed by atoms with van der Waals surface area (Å²) in [5.41, 5.74) is 2.04. The summed E-state index contributed by atoms with van der Waals surface area (Å²) in [6.45, 7) is 4.51. The van der Waals surface area contributed by atoms with Crippen molar-refractivity contribution in [2.24, 2.45) is 0 Å². The standard InChI is InChI=1S/C13H18N2O2/c1-13(2,17)8-15-12(16)10-4-3-9-5-6-14-11(9)7-10/h3-4,7,14,17H,5-6,8H2,1-2H3,(H,15,16). The number of amides is 1. The van der Waals surface area contributed by atoms with Gasteiger partial charge in [0.05, 0.1) is 5.60 Å². The Labute approximate surface area is 101 Å². The lowest BCUT2D eigenvalue weighted by Gasteiger charge is -2.17. The van der Waals surface area contributed by atoms with Gasteiger partial charge in [-0.05, 0) is 38.0 Å². The van der Waals surface area contributed by atoms with Crippen molar-refractivity contribution in [1.29, 1.82) is 0 Å². The molecule has 0 aliphatic carbocycles. The third kappa shape index (κ3) is 2.97. The van der Waals surface area contributed by atoms with E-state index < -0.39 is 5.60 Å². The van der Waals surface area contributed by atoms with E-state index in [0.29, 0.717) is 5.56 Å². The van der Waals surface area contributed by atoms with Gasteiger partial charge in [0.1, 0.15) is 0 Å². The van der Waals surface area contributed by atoms with E-state index in [1.807, 2.05) is 18.2 Å². The van der Waals surface area contributed by atoms with Gasteiger partial charge in [-0.1, -0.05) is 6.07 Å². The van der Waals surface area contributed by atoms with E-state index >= 15 is 0 Å². The van der Waals surface area contributed by atoms with Crippen molar-refractivity contribution < 1.29 is 9.90 Å². The number of hydrogen-bond donors (Lipinski definition) is 3. The molecule has 0 atom stereocenters. The van der Waals surface area contributed by atoms with Crippen LogP contribution in [-0.2, 0) is 6.42 Å². The second-order valence-electron chi connectivity index (χ2n) is 5.04. The summed E-state index contributed by atoms with van der Waals surface area (Å²) in [6.07, 6.45) is 1.01. The summed E-state index contributed by atoms with van der Waals surface area (Å²) in [4.78, 5) is 11.8. The van der Waals surface area contributed by atoms with Gasteiger partial charge in [-0.25, -0.2) is 0 Å². The number of nitrogens with one attached hydrogen (secondary N) is 2. The number of hydrogen-bond acceptors (Lipinski definition) is 3. The molecule has 0 radical (unpaired) electrons. The zero-order chi connectivity index (χ0) is 12.5. The van der Waals surface area contributed by atoms with E-state index in [9.17, 15) is 9.90 Å². The van der Waals surface area contributed by atoms with Gasteiger partial charge in [0, 0.05) is 24.3 Å². The number of fused-ring (bicyclic) bond motifs is 1. The first kappa shape index (κ1) is 11.9. The van der Waals surface area contributed by atoms with Crippen LogP contribution in [0.25, 0.3) is 0 Å². The fourth-order valence-electron chi connectivity index (χ4n) is 1.83. The molecule has 1 aromatic carbocycles. The molecule has 0 fully saturated rings. The van der Waals surface area contributed by atoms with Gasteiger partial charge in [0.2, 0.25) is 0 Å². The van der Waals surface area contributed by atoms with Crippen molar-refractivity contribution in [2.75, 3.05) is 18.4 Å². The van der Waals surface area contributed by atoms with Crippen LogP contribution in [0.15, 0.2) is 18.2 Å². The molecule has 1 aromatic rings. The van der Waals surface area contributed by atoms with Gasteiger partial charge in [0.15, 0.2) is 0 Å². The molecule has 0 saturated heterocycles. The third-order valence-electron chi connectivity index (χ3n) is 2.76. The van der Waals surface area contributed by atoms with Gasteiger partial charge in [-0.15, -0.1) is 0 Å². The molecule has 4 nitrogen and oxygen atoms in total. The van der Waals surface area contributed by atoms with Gasteiger partial charge in [0.25, 0.3) is 5.91 Å². The number of benzene rings is 1. The number of aliphatic hydroxyl groups is 1. The predicted octanol–water partition coefficient (Wildman–Crippen LogP) is 1.16. The van der Waals surface area contributed by atoms with Crippen LogP contribution in [0, 0.1) is 0 Å². The van der Waals surface area contributed by atoms with Crippen LogP contribution in [-0.4, -0.2) is 29.7 Å². The van der Waals surface area contributed by atoms with Crippen molar-refractivity contribution in [2.45, 2.75) is 25.9 Å². The normalized spacial score (nSPS) is 14.1. The lowest BCUT2D eigenvalue weighted by atomic mass is 10.1. The highest BCUT2D eigenvalue weighted by Gasteiger charge is 2.16. The van der Waals surface area contributed by atoms with Crippen molar-refractivity contribution >= 4 is 11.6 Å². The minimum atomic E-state index is -0.884. The Kier molecular flexibility index (Phi) is 3.07. The Balaban J connectivity index is 2.05. The highest BCUT2D eigenvalue weighted by Crippen LogP contribution is 2.23. The Hall–Kier alpha value is -1.55. The number of rotatable bonds is 3. The molecular weight excluding hydrogens is 216 g/mol. The summed E-state index contributed by atoms with van der Waals surface area (Å²) < 4.78 is 0. The van der Waals surface area contributed by atoms with Crippen molar-refractivity contribution in [3.63, 3.8) is 0 Å². The Morgan fingerprint density at radius 3 is 3.00 bits per heavy atom. The average Bonchev–Trinajstić information content (AvgIpc) is 2.71. The summed E-state index contributed by atoms with van der Waals surface area (Å²) in [5.74, 6) is -0.149. The maximum atomic E-state index is 11.8. The molecule has 0 unspecified atom stereocenters. The first-order valence-corrected chi connectivity index (χ1v) is 5.83. The minimum Gasteiger partial charge on any atom is -0.389 e. The van der Waals surface area contributed by atoms with Gasteiger partial charge in [-0.2, -0.15) is 0 Å². The second-order valence-corrected chi connectivity index (χ2v) is 5.04. The summed E-state index contributed by atoms with van der Waals surface area (Å²) in [5, 5.41) is 15.5. The van der Waals surface area contributed by atoms with E-state index in [-0.39, 0.29) is 12.5 Å². The van der Waals surface area contributed by atoms with Gasteiger partial charge in [-0.3, -0.25) is 4.79 Å². The van der Waals surface area contributed by atoms with E-state index in [1.165, 1.54) is 5.56 Å². The maximum Gasteiger partial charge on any atom is 0.251 e. The first-order chi connectivity index (χ1) is 7.96. The van der Waals surface area contributed by atoms with Crippen molar-refractivity contribution in [3.05, 3.63) is 29.3 Å². The quantitative estimate of drug-likeness (QED) is 0.735. The zero-order valence-electron chi connectivity index (χ0n) is 10.2. The highest BCUT2D eigenvalue weighted by atomic mass is 16.3. The molecule has 0 bridgehead atoms. The average molecular weight is 234 g/mol. The fourth-order valence-corrected chi connectivity index (χ4v) is 1.83. The van der Waals surface area contributed by atoms with E-state index in [2.05, 4.69) is 10.6 Å². The Morgan fingerprint density at radius 1 is 1.53 bits per heavy atom. The molecule has 1 aliphatic heterocycles.